The van der Waals surface area contributed by atoms with Crippen molar-refractivity contribution in [3.63, 3.8) is 0 Å². The summed E-state index contributed by atoms with van der Waals surface area (Å²) >= 11 is 0. The van der Waals surface area contributed by atoms with Crippen LogP contribution in [-0.2, 0) is 4.74 Å². The monoisotopic (exact) mass is 185 g/mol. The second-order valence-electron chi connectivity index (χ2n) is 3.70. The van der Waals surface area contributed by atoms with Crippen molar-refractivity contribution < 1.29 is 4.74 Å². The Hall–Kier alpha value is -0.770. The van der Waals surface area contributed by atoms with Crippen LogP contribution < -0.4 is 11.1 Å². The van der Waals surface area contributed by atoms with Crippen LogP contribution in [0.25, 0.3) is 0 Å². The van der Waals surface area contributed by atoms with Gasteiger partial charge in [-0.2, -0.15) is 0 Å². The molecule has 4 nitrogen and oxygen atoms in total. The van der Waals surface area contributed by atoms with Crippen LogP contribution in [0.5, 0.6) is 0 Å². The van der Waals surface area contributed by atoms with Crippen LogP contribution in [0.4, 0.5) is 0 Å². The Balaban J connectivity index is 2.45. The number of hydrogen-bond acceptors (Lipinski definition) is 2. The van der Waals surface area contributed by atoms with E-state index < -0.39 is 0 Å². The predicted octanol–water partition coefficient (Wildman–Crippen LogP) is 0.480. The fourth-order valence-corrected chi connectivity index (χ4v) is 1.55. The summed E-state index contributed by atoms with van der Waals surface area (Å²) < 4.78 is 5.39. The molecular formula is C9H19N3O. The normalized spacial score (nSPS) is 30.2. The Morgan fingerprint density at radius 3 is 3.00 bits per heavy atom. The van der Waals surface area contributed by atoms with E-state index >= 15 is 0 Å². The summed E-state index contributed by atoms with van der Waals surface area (Å²) in [5.74, 6) is 0.524. The molecule has 13 heavy (non-hydrogen) atoms. The molecule has 76 valence electrons. The van der Waals surface area contributed by atoms with Crippen LogP contribution in [0.15, 0.2) is 4.99 Å². The van der Waals surface area contributed by atoms with Gasteiger partial charge in [0.05, 0.1) is 12.1 Å². The molecule has 1 heterocycles. The van der Waals surface area contributed by atoms with Crippen LogP contribution in [0.3, 0.4) is 0 Å². The van der Waals surface area contributed by atoms with Gasteiger partial charge in [-0.25, -0.2) is 0 Å². The van der Waals surface area contributed by atoms with Crippen molar-refractivity contribution in [2.45, 2.75) is 32.2 Å². The average Bonchev–Trinajstić information content (AvgIpc) is 2.04. The molecule has 1 saturated heterocycles. The van der Waals surface area contributed by atoms with Crippen molar-refractivity contribution in [2.24, 2.45) is 10.7 Å². The summed E-state index contributed by atoms with van der Waals surface area (Å²) in [7, 11) is 0. The van der Waals surface area contributed by atoms with Crippen LogP contribution in [-0.4, -0.2) is 31.3 Å². The molecule has 0 aromatic rings. The quantitative estimate of drug-likeness (QED) is 0.486. The molecule has 0 bridgehead atoms. The minimum absolute atomic E-state index is 0.0268. The topological polar surface area (TPSA) is 59.6 Å². The van der Waals surface area contributed by atoms with E-state index in [1.54, 1.807) is 0 Å². The van der Waals surface area contributed by atoms with E-state index in [4.69, 9.17) is 10.5 Å². The molecule has 0 radical (unpaired) electrons. The van der Waals surface area contributed by atoms with E-state index in [1.807, 2.05) is 6.92 Å². The summed E-state index contributed by atoms with van der Waals surface area (Å²) in [5.41, 5.74) is 5.66. The van der Waals surface area contributed by atoms with Crippen molar-refractivity contribution >= 4 is 5.96 Å². The number of nitrogens with two attached hydrogens (primary N) is 1. The van der Waals surface area contributed by atoms with Gasteiger partial charge in [-0.1, -0.05) is 0 Å². The van der Waals surface area contributed by atoms with Crippen molar-refractivity contribution in [3.8, 4) is 0 Å². The first-order valence-corrected chi connectivity index (χ1v) is 4.82. The molecule has 0 spiro atoms. The molecule has 1 aliphatic heterocycles. The van der Waals surface area contributed by atoms with Gasteiger partial charge in [0.25, 0.3) is 0 Å². The third-order valence-electron chi connectivity index (χ3n) is 2.20. The zero-order chi connectivity index (χ0) is 9.73. The van der Waals surface area contributed by atoms with Crippen molar-refractivity contribution in [3.05, 3.63) is 0 Å². The average molecular weight is 185 g/mol. The molecule has 0 aliphatic carbocycles. The zero-order valence-electron chi connectivity index (χ0n) is 8.47. The minimum Gasteiger partial charge on any atom is -0.379 e. The molecule has 0 amide bonds. The van der Waals surface area contributed by atoms with Crippen LogP contribution in [0, 0.1) is 0 Å². The first kappa shape index (κ1) is 10.3. The predicted molar refractivity (Wildman–Crippen MR) is 53.8 cm³/mol. The summed E-state index contributed by atoms with van der Waals surface area (Å²) in [6, 6.07) is 0. The highest BCUT2D eigenvalue weighted by atomic mass is 16.5. The Morgan fingerprint density at radius 2 is 2.46 bits per heavy atom. The Labute approximate surface area is 79.6 Å². The molecular weight excluding hydrogens is 166 g/mol. The van der Waals surface area contributed by atoms with Crippen LogP contribution >= 0.6 is 0 Å². The molecule has 0 saturated carbocycles. The first-order chi connectivity index (χ1) is 6.16. The SMILES string of the molecule is CCN=C(N)NC1(C)CCCOC1. The van der Waals surface area contributed by atoms with Gasteiger partial charge >= 0.3 is 0 Å². The molecule has 1 unspecified atom stereocenters. The number of ether oxygens (including phenoxy) is 1. The summed E-state index contributed by atoms with van der Waals surface area (Å²) in [6.45, 7) is 6.38. The minimum atomic E-state index is -0.0268. The van der Waals surface area contributed by atoms with Crippen molar-refractivity contribution in [1.82, 2.24) is 5.32 Å². The molecule has 4 heteroatoms. The summed E-state index contributed by atoms with van der Waals surface area (Å²) in [5, 5.41) is 3.20. The molecule has 1 rings (SSSR count). The highest BCUT2D eigenvalue weighted by molar-refractivity contribution is 5.78. The lowest BCUT2D eigenvalue weighted by molar-refractivity contribution is 0.0369. The number of rotatable bonds is 2. The number of nitrogens with one attached hydrogen (secondary N) is 1. The largest absolute Gasteiger partial charge is 0.379 e. The van der Waals surface area contributed by atoms with Gasteiger partial charge in [-0.05, 0) is 26.7 Å². The summed E-state index contributed by atoms with van der Waals surface area (Å²) in [6.07, 6.45) is 2.18. The third-order valence-corrected chi connectivity index (χ3v) is 2.20. The van der Waals surface area contributed by atoms with E-state index in [-0.39, 0.29) is 5.54 Å². The molecule has 1 atom stereocenters. The van der Waals surface area contributed by atoms with Gasteiger partial charge in [-0.3, -0.25) is 4.99 Å². The maximum Gasteiger partial charge on any atom is 0.189 e. The van der Waals surface area contributed by atoms with Gasteiger partial charge in [0.15, 0.2) is 5.96 Å². The zero-order valence-corrected chi connectivity index (χ0v) is 8.47. The van der Waals surface area contributed by atoms with Crippen molar-refractivity contribution in [1.29, 1.82) is 0 Å². The molecule has 1 fully saturated rings. The van der Waals surface area contributed by atoms with E-state index in [0.29, 0.717) is 12.6 Å². The smallest absolute Gasteiger partial charge is 0.189 e. The molecule has 1 aliphatic rings. The van der Waals surface area contributed by atoms with E-state index in [1.165, 1.54) is 0 Å². The van der Waals surface area contributed by atoms with Gasteiger partial charge < -0.3 is 15.8 Å². The first-order valence-electron chi connectivity index (χ1n) is 4.82. The Bertz CT molecular complexity index is 185. The molecule has 3 N–H and O–H groups in total. The highest BCUT2D eigenvalue weighted by Crippen LogP contribution is 2.17. The van der Waals surface area contributed by atoms with Crippen molar-refractivity contribution in [2.75, 3.05) is 19.8 Å². The fourth-order valence-electron chi connectivity index (χ4n) is 1.55. The fraction of sp³-hybridized carbons (Fsp3) is 0.889. The second kappa shape index (κ2) is 4.46. The lowest BCUT2D eigenvalue weighted by Crippen LogP contribution is -2.54. The maximum absolute atomic E-state index is 5.68. The van der Waals surface area contributed by atoms with E-state index in [0.717, 1.165) is 26.0 Å². The third kappa shape index (κ3) is 3.22. The van der Waals surface area contributed by atoms with E-state index in [2.05, 4.69) is 17.2 Å². The van der Waals surface area contributed by atoms with Gasteiger partial charge in [0.1, 0.15) is 0 Å². The number of nitrogens with zero attached hydrogens (tertiary/aromatic N) is 1. The van der Waals surface area contributed by atoms with Gasteiger partial charge in [-0.15, -0.1) is 0 Å². The number of aliphatic imine (C=N–C) groups is 1. The number of guanidine groups is 1. The van der Waals surface area contributed by atoms with E-state index in [9.17, 15) is 0 Å². The lowest BCUT2D eigenvalue weighted by Gasteiger charge is -2.34. The molecule has 0 aromatic carbocycles. The standard InChI is InChI=1S/C9H19N3O/c1-3-11-8(10)12-9(2)5-4-6-13-7-9/h3-7H2,1-2H3,(H3,10,11,12). The molecule has 0 aromatic heterocycles. The van der Waals surface area contributed by atoms with Crippen LogP contribution in [0.1, 0.15) is 26.7 Å². The second-order valence-corrected chi connectivity index (χ2v) is 3.70. The lowest BCUT2D eigenvalue weighted by atomic mass is 9.95. The Morgan fingerprint density at radius 1 is 1.69 bits per heavy atom. The van der Waals surface area contributed by atoms with Gasteiger partial charge in [0.2, 0.25) is 0 Å². The Kier molecular flexibility index (Phi) is 3.54. The van der Waals surface area contributed by atoms with Gasteiger partial charge in [0, 0.05) is 13.2 Å². The number of hydrogen-bond donors (Lipinski definition) is 2. The highest BCUT2D eigenvalue weighted by Gasteiger charge is 2.27. The summed E-state index contributed by atoms with van der Waals surface area (Å²) in [4.78, 5) is 4.09. The van der Waals surface area contributed by atoms with Crippen LogP contribution in [0.2, 0.25) is 0 Å². The maximum atomic E-state index is 5.68.